The van der Waals surface area contributed by atoms with Crippen molar-refractivity contribution in [2.75, 3.05) is 19.8 Å². The summed E-state index contributed by atoms with van der Waals surface area (Å²) < 4.78 is 11.3. The fourth-order valence-corrected chi connectivity index (χ4v) is 3.38. The Morgan fingerprint density at radius 1 is 1.35 bits per heavy atom. The van der Waals surface area contributed by atoms with Crippen LogP contribution in [0.1, 0.15) is 35.5 Å². The Bertz CT molecular complexity index is 697. The normalized spacial score (nSPS) is 27.0. The Balaban J connectivity index is 1.51. The van der Waals surface area contributed by atoms with Crippen molar-refractivity contribution in [3.8, 4) is 0 Å². The molecule has 0 bridgehead atoms. The molecule has 0 unspecified atom stereocenters. The lowest BCUT2D eigenvalue weighted by Crippen LogP contribution is -2.44. The average Bonchev–Trinajstić information content (AvgIpc) is 3.29. The van der Waals surface area contributed by atoms with Gasteiger partial charge in [-0.1, -0.05) is 6.07 Å². The summed E-state index contributed by atoms with van der Waals surface area (Å²) in [4.78, 5) is 19.0. The van der Waals surface area contributed by atoms with Gasteiger partial charge in [-0.2, -0.15) is 0 Å². The van der Waals surface area contributed by atoms with Crippen molar-refractivity contribution in [3.05, 3.63) is 53.7 Å². The average molecular weight is 312 g/mol. The fourth-order valence-electron chi connectivity index (χ4n) is 3.38. The molecular formula is C18H20N2O3. The van der Waals surface area contributed by atoms with Gasteiger partial charge in [-0.05, 0) is 43.0 Å². The molecule has 4 rings (SSSR count). The quantitative estimate of drug-likeness (QED) is 0.874. The van der Waals surface area contributed by atoms with Gasteiger partial charge in [0.25, 0.3) is 0 Å². The van der Waals surface area contributed by atoms with Crippen molar-refractivity contribution in [2.24, 2.45) is 5.92 Å². The van der Waals surface area contributed by atoms with Crippen LogP contribution in [-0.4, -0.2) is 35.5 Å². The van der Waals surface area contributed by atoms with Crippen molar-refractivity contribution >= 4 is 5.91 Å². The van der Waals surface area contributed by atoms with Crippen LogP contribution >= 0.6 is 0 Å². The van der Waals surface area contributed by atoms with Crippen LogP contribution in [0.3, 0.4) is 0 Å². The van der Waals surface area contributed by atoms with Crippen molar-refractivity contribution < 1.29 is 13.9 Å². The summed E-state index contributed by atoms with van der Waals surface area (Å²) in [6, 6.07) is 7.75. The van der Waals surface area contributed by atoms with E-state index in [1.165, 1.54) is 0 Å². The van der Waals surface area contributed by atoms with Crippen LogP contribution in [0.4, 0.5) is 0 Å². The first-order chi connectivity index (χ1) is 11.2. The third-order valence-electron chi connectivity index (χ3n) is 4.72. The highest BCUT2D eigenvalue weighted by Gasteiger charge is 2.47. The Labute approximate surface area is 135 Å². The molecule has 0 aromatic carbocycles. The zero-order valence-electron chi connectivity index (χ0n) is 13.1. The Morgan fingerprint density at radius 3 is 3.00 bits per heavy atom. The van der Waals surface area contributed by atoms with E-state index in [1.54, 1.807) is 6.20 Å². The Kier molecular flexibility index (Phi) is 3.65. The topological polar surface area (TPSA) is 55.6 Å². The predicted molar refractivity (Wildman–Crippen MR) is 83.8 cm³/mol. The summed E-state index contributed by atoms with van der Waals surface area (Å²) in [6.45, 7) is 3.63. The number of morpholine rings is 1. The fraction of sp³-hybridized carbons (Fsp3) is 0.444. The molecular weight excluding hydrogens is 292 g/mol. The van der Waals surface area contributed by atoms with Crippen molar-refractivity contribution in [1.82, 2.24) is 9.88 Å². The third-order valence-corrected chi connectivity index (χ3v) is 4.72. The predicted octanol–water partition coefficient (Wildman–Crippen LogP) is 2.69. The number of ether oxygens (including phenoxy) is 1. The maximum atomic E-state index is 12.9. The maximum absolute atomic E-state index is 12.9. The van der Waals surface area contributed by atoms with E-state index in [1.807, 2.05) is 36.2 Å². The number of hydrogen-bond acceptors (Lipinski definition) is 4. The van der Waals surface area contributed by atoms with E-state index in [-0.39, 0.29) is 17.9 Å². The first-order valence-electron chi connectivity index (χ1n) is 8.08. The van der Waals surface area contributed by atoms with E-state index in [0.29, 0.717) is 25.7 Å². The van der Waals surface area contributed by atoms with E-state index < -0.39 is 0 Å². The molecule has 1 saturated carbocycles. The van der Waals surface area contributed by atoms with Crippen LogP contribution in [0, 0.1) is 12.8 Å². The smallest absolute Gasteiger partial charge is 0.227 e. The summed E-state index contributed by atoms with van der Waals surface area (Å²) in [5.41, 5.74) is 1.16. The number of amides is 1. The summed E-state index contributed by atoms with van der Waals surface area (Å²) >= 11 is 0. The second-order valence-corrected chi connectivity index (χ2v) is 6.31. The third kappa shape index (κ3) is 2.77. The molecule has 120 valence electrons. The monoisotopic (exact) mass is 312 g/mol. The standard InChI is InChI=1S/C18H20N2O3/c1-12-4-5-17(23-12)16-11-22-8-7-20(16)18(21)15-9-14(15)13-3-2-6-19-10-13/h2-6,10,14-16H,7-9,11H2,1H3/t14-,15+,16+/m1/s1. The number of carbonyl (C=O) groups is 1. The first kappa shape index (κ1) is 14.5. The van der Waals surface area contributed by atoms with Crippen LogP contribution in [0.25, 0.3) is 0 Å². The number of aromatic nitrogens is 1. The van der Waals surface area contributed by atoms with Crippen LogP contribution < -0.4 is 0 Å². The van der Waals surface area contributed by atoms with Crippen LogP contribution in [0.15, 0.2) is 41.1 Å². The van der Waals surface area contributed by atoms with Crippen LogP contribution in [0.5, 0.6) is 0 Å². The number of hydrogen-bond donors (Lipinski definition) is 0. The van der Waals surface area contributed by atoms with Gasteiger partial charge in [-0.3, -0.25) is 9.78 Å². The van der Waals surface area contributed by atoms with Crippen molar-refractivity contribution in [3.63, 3.8) is 0 Å². The SMILES string of the molecule is Cc1ccc([C@@H]2COCCN2C(=O)[C@H]2C[C@@H]2c2cccnc2)o1. The van der Waals surface area contributed by atoms with E-state index in [2.05, 4.69) is 11.1 Å². The molecule has 5 nitrogen and oxygen atoms in total. The van der Waals surface area contributed by atoms with E-state index >= 15 is 0 Å². The molecule has 0 spiro atoms. The van der Waals surface area contributed by atoms with Crippen LogP contribution in [-0.2, 0) is 9.53 Å². The van der Waals surface area contributed by atoms with E-state index in [0.717, 1.165) is 23.5 Å². The molecule has 1 saturated heterocycles. The molecule has 2 aliphatic rings. The summed E-state index contributed by atoms with van der Waals surface area (Å²) in [5.74, 6) is 2.25. The highest BCUT2D eigenvalue weighted by molar-refractivity contribution is 5.83. The molecule has 2 aromatic heterocycles. The number of nitrogens with zero attached hydrogens (tertiary/aromatic N) is 2. The molecule has 3 atom stereocenters. The molecule has 1 aliphatic heterocycles. The molecule has 5 heteroatoms. The number of carbonyl (C=O) groups excluding carboxylic acids is 1. The highest BCUT2D eigenvalue weighted by atomic mass is 16.5. The summed E-state index contributed by atoms with van der Waals surface area (Å²) in [7, 11) is 0. The lowest BCUT2D eigenvalue weighted by Gasteiger charge is -2.34. The van der Waals surface area contributed by atoms with E-state index in [9.17, 15) is 4.79 Å². The van der Waals surface area contributed by atoms with Gasteiger partial charge in [0.15, 0.2) is 0 Å². The minimum atomic E-state index is -0.111. The number of aryl methyl sites for hydroxylation is 1. The zero-order chi connectivity index (χ0) is 15.8. The second kappa shape index (κ2) is 5.81. The zero-order valence-corrected chi connectivity index (χ0v) is 13.1. The number of pyridine rings is 1. The summed E-state index contributed by atoms with van der Waals surface area (Å²) in [6.07, 6.45) is 4.54. The second-order valence-electron chi connectivity index (χ2n) is 6.31. The lowest BCUT2D eigenvalue weighted by molar-refractivity contribution is -0.142. The molecule has 23 heavy (non-hydrogen) atoms. The van der Waals surface area contributed by atoms with Gasteiger partial charge in [0, 0.05) is 24.9 Å². The molecule has 2 aromatic rings. The molecule has 2 fully saturated rings. The van der Waals surface area contributed by atoms with Crippen LogP contribution in [0.2, 0.25) is 0 Å². The Morgan fingerprint density at radius 2 is 2.26 bits per heavy atom. The molecule has 0 N–H and O–H groups in total. The van der Waals surface area contributed by atoms with Gasteiger partial charge in [-0.15, -0.1) is 0 Å². The van der Waals surface area contributed by atoms with Gasteiger partial charge in [0.1, 0.15) is 17.6 Å². The van der Waals surface area contributed by atoms with Gasteiger partial charge < -0.3 is 14.1 Å². The minimum absolute atomic E-state index is 0.0656. The van der Waals surface area contributed by atoms with Crippen molar-refractivity contribution in [2.45, 2.75) is 25.3 Å². The van der Waals surface area contributed by atoms with Gasteiger partial charge in [0.2, 0.25) is 5.91 Å². The summed E-state index contributed by atoms with van der Waals surface area (Å²) in [5, 5.41) is 0. The van der Waals surface area contributed by atoms with Gasteiger partial charge >= 0.3 is 0 Å². The van der Waals surface area contributed by atoms with Gasteiger partial charge in [0.05, 0.1) is 13.2 Å². The highest BCUT2D eigenvalue weighted by Crippen LogP contribution is 2.49. The van der Waals surface area contributed by atoms with E-state index in [4.69, 9.17) is 9.15 Å². The minimum Gasteiger partial charge on any atom is -0.464 e. The molecule has 3 heterocycles. The molecule has 1 amide bonds. The largest absolute Gasteiger partial charge is 0.464 e. The molecule has 0 radical (unpaired) electrons. The first-order valence-corrected chi connectivity index (χ1v) is 8.08. The van der Waals surface area contributed by atoms with Crippen molar-refractivity contribution in [1.29, 1.82) is 0 Å². The molecule has 1 aliphatic carbocycles. The Hall–Kier alpha value is -2.14. The maximum Gasteiger partial charge on any atom is 0.227 e. The van der Waals surface area contributed by atoms with Gasteiger partial charge in [-0.25, -0.2) is 0 Å². The number of rotatable bonds is 3. The number of furan rings is 1. The lowest BCUT2D eigenvalue weighted by atomic mass is 10.1.